The first-order valence-corrected chi connectivity index (χ1v) is 4.89. The van der Waals surface area contributed by atoms with E-state index in [4.69, 9.17) is 0 Å². The van der Waals surface area contributed by atoms with Crippen LogP contribution in [0.1, 0.15) is 11.4 Å². The van der Waals surface area contributed by atoms with Crippen LogP contribution in [0.15, 0.2) is 24.7 Å². The van der Waals surface area contributed by atoms with Crippen molar-refractivity contribution in [1.82, 2.24) is 15.0 Å². The first-order chi connectivity index (χ1) is 8.38. The van der Waals surface area contributed by atoms with E-state index in [1.807, 2.05) is 0 Å². The molecule has 0 spiro atoms. The SMILES string of the molecule is Cc1cc(-c2cnc(C(F)(F)F)nc2)ncc1F. The van der Waals surface area contributed by atoms with Crippen molar-refractivity contribution >= 4 is 0 Å². The van der Waals surface area contributed by atoms with Gasteiger partial charge in [0.05, 0.1) is 11.9 Å². The second-order valence-electron chi connectivity index (χ2n) is 3.61. The van der Waals surface area contributed by atoms with E-state index in [9.17, 15) is 17.6 Å². The van der Waals surface area contributed by atoms with Gasteiger partial charge in [0.15, 0.2) is 0 Å². The van der Waals surface area contributed by atoms with Crippen molar-refractivity contribution in [3.05, 3.63) is 41.9 Å². The molecule has 7 heteroatoms. The summed E-state index contributed by atoms with van der Waals surface area (Å²) in [5.74, 6) is -1.70. The van der Waals surface area contributed by atoms with Crippen molar-refractivity contribution in [2.75, 3.05) is 0 Å². The molecule has 2 aromatic heterocycles. The van der Waals surface area contributed by atoms with E-state index in [0.717, 1.165) is 18.6 Å². The van der Waals surface area contributed by atoms with Crippen molar-refractivity contribution in [2.45, 2.75) is 13.1 Å². The number of alkyl halides is 3. The van der Waals surface area contributed by atoms with Gasteiger partial charge < -0.3 is 0 Å². The van der Waals surface area contributed by atoms with Crippen molar-refractivity contribution in [3.63, 3.8) is 0 Å². The average Bonchev–Trinajstić information content (AvgIpc) is 2.32. The molecule has 0 saturated heterocycles. The molecule has 0 bridgehead atoms. The number of hydrogen-bond acceptors (Lipinski definition) is 3. The fraction of sp³-hybridized carbons (Fsp3) is 0.182. The number of aryl methyl sites for hydroxylation is 1. The second-order valence-corrected chi connectivity index (χ2v) is 3.61. The minimum absolute atomic E-state index is 0.297. The summed E-state index contributed by atoms with van der Waals surface area (Å²) in [5.41, 5.74) is 0.966. The number of hydrogen-bond donors (Lipinski definition) is 0. The Balaban J connectivity index is 2.37. The Hall–Kier alpha value is -2.05. The summed E-state index contributed by atoms with van der Waals surface area (Å²) < 4.78 is 49.7. The summed E-state index contributed by atoms with van der Waals surface area (Å²) >= 11 is 0. The van der Waals surface area contributed by atoms with E-state index in [-0.39, 0.29) is 0 Å². The molecule has 0 N–H and O–H groups in total. The molecule has 18 heavy (non-hydrogen) atoms. The molecular weight excluding hydrogens is 250 g/mol. The van der Waals surface area contributed by atoms with E-state index >= 15 is 0 Å². The maximum atomic E-state index is 13.0. The lowest BCUT2D eigenvalue weighted by Crippen LogP contribution is -2.10. The third kappa shape index (κ3) is 2.44. The summed E-state index contributed by atoms with van der Waals surface area (Å²) in [6.45, 7) is 1.53. The average molecular weight is 257 g/mol. The molecule has 2 rings (SSSR count). The van der Waals surface area contributed by atoms with Crippen molar-refractivity contribution < 1.29 is 17.6 Å². The van der Waals surface area contributed by atoms with Gasteiger partial charge in [-0.25, -0.2) is 14.4 Å². The molecule has 0 fully saturated rings. The Labute approximate surface area is 99.5 Å². The molecule has 0 aromatic carbocycles. The lowest BCUT2D eigenvalue weighted by Gasteiger charge is -2.05. The fourth-order valence-electron chi connectivity index (χ4n) is 1.30. The molecule has 0 amide bonds. The monoisotopic (exact) mass is 257 g/mol. The molecule has 0 aliphatic carbocycles. The molecule has 94 valence electrons. The van der Waals surface area contributed by atoms with E-state index < -0.39 is 17.8 Å². The Morgan fingerprint density at radius 3 is 2.11 bits per heavy atom. The van der Waals surface area contributed by atoms with Crippen LogP contribution in [0.2, 0.25) is 0 Å². The highest BCUT2D eigenvalue weighted by atomic mass is 19.4. The highest BCUT2D eigenvalue weighted by Crippen LogP contribution is 2.26. The van der Waals surface area contributed by atoms with Gasteiger partial charge in [0.1, 0.15) is 5.82 Å². The van der Waals surface area contributed by atoms with Crippen LogP contribution >= 0.6 is 0 Å². The second kappa shape index (κ2) is 4.32. The highest BCUT2D eigenvalue weighted by molar-refractivity contribution is 5.57. The molecule has 3 nitrogen and oxygen atoms in total. The highest BCUT2D eigenvalue weighted by Gasteiger charge is 2.34. The molecular formula is C11H7F4N3. The summed E-state index contributed by atoms with van der Waals surface area (Å²) in [6.07, 6.45) is -1.56. The van der Waals surface area contributed by atoms with Gasteiger partial charge in [-0.3, -0.25) is 4.98 Å². The number of pyridine rings is 1. The van der Waals surface area contributed by atoms with Gasteiger partial charge in [0.2, 0.25) is 5.82 Å². The molecule has 2 heterocycles. The smallest absolute Gasteiger partial charge is 0.253 e. The number of aromatic nitrogens is 3. The lowest BCUT2D eigenvalue weighted by molar-refractivity contribution is -0.144. The van der Waals surface area contributed by atoms with Crippen LogP contribution in [0.25, 0.3) is 11.3 Å². The van der Waals surface area contributed by atoms with Crippen LogP contribution in [0, 0.1) is 12.7 Å². The van der Waals surface area contributed by atoms with E-state index in [0.29, 0.717) is 16.8 Å². The zero-order chi connectivity index (χ0) is 13.3. The topological polar surface area (TPSA) is 38.7 Å². The van der Waals surface area contributed by atoms with E-state index in [1.54, 1.807) is 0 Å². The standard InChI is InChI=1S/C11H7F4N3/c1-6-2-9(16-5-8(6)12)7-3-17-10(18-4-7)11(13,14)15/h2-5H,1H3. The maximum Gasteiger partial charge on any atom is 0.451 e. The molecule has 0 radical (unpaired) electrons. The van der Waals surface area contributed by atoms with E-state index in [2.05, 4.69) is 15.0 Å². The lowest BCUT2D eigenvalue weighted by atomic mass is 10.1. The van der Waals surface area contributed by atoms with Crippen LogP contribution in [-0.4, -0.2) is 15.0 Å². The number of nitrogens with zero attached hydrogens (tertiary/aromatic N) is 3. The van der Waals surface area contributed by atoms with Crippen LogP contribution in [0.3, 0.4) is 0 Å². The van der Waals surface area contributed by atoms with Crippen molar-refractivity contribution in [1.29, 1.82) is 0 Å². The van der Waals surface area contributed by atoms with Gasteiger partial charge in [0.25, 0.3) is 0 Å². The molecule has 0 unspecified atom stereocenters. The van der Waals surface area contributed by atoms with Crippen LogP contribution in [0.4, 0.5) is 17.6 Å². The Kier molecular flexibility index (Phi) is 2.98. The quantitative estimate of drug-likeness (QED) is 0.737. The minimum Gasteiger partial charge on any atom is -0.253 e. The van der Waals surface area contributed by atoms with Gasteiger partial charge >= 0.3 is 6.18 Å². The molecule has 2 aromatic rings. The summed E-state index contributed by atoms with van der Waals surface area (Å²) in [6, 6.07) is 1.42. The maximum absolute atomic E-state index is 13.0. The van der Waals surface area contributed by atoms with Crippen molar-refractivity contribution in [2.24, 2.45) is 0 Å². The van der Waals surface area contributed by atoms with Crippen LogP contribution in [0.5, 0.6) is 0 Å². The van der Waals surface area contributed by atoms with Crippen LogP contribution < -0.4 is 0 Å². The normalized spacial score (nSPS) is 11.6. The summed E-state index contributed by atoms with van der Waals surface area (Å²) in [5, 5.41) is 0. The predicted molar refractivity (Wildman–Crippen MR) is 55.0 cm³/mol. The largest absolute Gasteiger partial charge is 0.451 e. The molecule has 0 aliphatic rings. The first-order valence-electron chi connectivity index (χ1n) is 4.89. The number of rotatable bonds is 1. The van der Waals surface area contributed by atoms with Gasteiger partial charge in [-0.15, -0.1) is 0 Å². The first kappa shape index (κ1) is 12.4. The zero-order valence-electron chi connectivity index (χ0n) is 9.16. The Morgan fingerprint density at radius 2 is 1.61 bits per heavy atom. The number of halogens is 4. The van der Waals surface area contributed by atoms with Crippen LogP contribution in [-0.2, 0) is 6.18 Å². The molecule has 0 aliphatic heterocycles. The minimum atomic E-state index is -4.58. The van der Waals surface area contributed by atoms with E-state index in [1.165, 1.54) is 13.0 Å². The fourth-order valence-corrected chi connectivity index (χ4v) is 1.30. The third-order valence-corrected chi connectivity index (χ3v) is 2.25. The molecule has 0 atom stereocenters. The predicted octanol–water partition coefficient (Wildman–Crippen LogP) is 3.00. The van der Waals surface area contributed by atoms with Gasteiger partial charge in [-0.2, -0.15) is 13.2 Å². The summed E-state index contributed by atoms with van der Waals surface area (Å²) in [4.78, 5) is 10.2. The molecule has 0 saturated carbocycles. The van der Waals surface area contributed by atoms with Gasteiger partial charge in [0, 0.05) is 18.0 Å². The van der Waals surface area contributed by atoms with Gasteiger partial charge in [-0.1, -0.05) is 0 Å². The summed E-state index contributed by atoms with van der Waals surface area (Å²) in [7, 11) is 0. The Morgan fingerprint density at radius 1 is 1.00 bits per heavy atom. The Bertz CT molecular complexity index is 563. The van der Waals surface area contributed by atoms with Crippen molar-refractivity contribution in [3.8, 4) is 11.3 Å². The third-order valence-electron chi connectivity index (χ3n) is 2.25. The zero-order valence-corrected chi connectivity index (χ0v) is 9.16. The van der Waals surface area contributed by atoms with Gasteiger partial charge in [-0.05, 0) is 18.6 Å².